The van der Waals surface area contributed by atoms with E-state index >= 15 is 0 Å². The van der Waals surface area contributed by atoms with Gasteiger partial charge in [0.05, 0.1) is 21.8 Å². The van der Waals surface area contributed by atoms with Gasteiger partial charge in [0.1, 0.15) is 5.69 Å². The van der Waals surface area contributed by atoms with Crippen LogP contribution in [-0.4, -0.2) is 48.2 Å². The predicted octanol–water partition coefficient (Wildman–Crippen LogP) is 2.37. The Morgan fingerprint density at radius 1 is 1.38 bits per heavy atom. The van der Waals surface area contributed by atoms with Gasteiger partial charge in [-0.05, 0) is 45.6 Å². The molecule has 8 heteroatoms. The van der Waals surface area contributed by atoms with Crippen LogP contribution in [0.25, 0.3) is 0 Å². The average Bonchev–Trinajstić information content (AvgIpc) is 2.60. The molecule has 1 aliphatic heterocycles. The van der Waals surface area contributed by atoms with E-state index in [2.05, 4.69) is 15.5 Å². The molecule has 1 aliphatic rings. The van der Waals surface area contributed by atoms with E-state index in [0.717, 1.165) is 12.8 Å². The molecule has 0 bridgehead atoms. The molecule has 0 aromatic heterocycles. The van der Waals surface area contributed by atoms with Gasteiger partial charge >= 0.3 is 0 Å². The van der Waals surface area contributed by atoms with Crippen LogP contribution in [0.1, 0.15) is 44.0 Å². The summed E-state index contributed by atoms with van der Waals surface area (Å²) in [6.07, 6.45) is 1.59. The fraction of sp³-hybridized carbons (Fsp3) is 0.611. The molecule has 1 amide bonds. The Bertz CT molecular complexity index is 677. The van der Waals surface area contributed by atoms with Crippen molar-refractivity contribution in [2.75, 3.05) is 36.9 Å². The van der Waals surface area contributed by atoms with Gasteiger partial charge in [-0.1, -0.05) is 0 Å². The maximum Gasteiger partial charge on any atom is 0.293 e. The molecule has 0 spiro atoms. The van der Waals surface area contributed by atoms with E-state index in [1.165, 1.54) is 6.07 Å². The lowest BCUT2D eigenvalue weighted by Crippen LogP contribution is -2.42. The highest BCUT2D eigenvalue weighted by Crippen LogP contribution is 2.36. The Labute approximate surface area is 153 Å². The van der Waals surface area contributed by atoms with Gasteiger partial charge in [-0.2, -0.15) is 0 Å². The van der Waals surface area contributed by atoms with Crippen molar-refractivity contribution in [3.8, 4) is 0 Å². The lowest BCUT2D eigenvalue weighted by molar-refractivity contribution is -0.383. The number of rotatable bonds is 6. The zero-order valence-electron chi connectivity index (χ0n) is 15.8. The number of nitrogens with one attached hydrogen (secondary N) is 2. The molecule has 0 radical (unpaired) electrons. The summed E-state index contributed by atoms with van der Waals surface area (Å²) in [6, 6.07) is 3.02. The van der Waals surface area contributed by atoms with Crippen LogP contribution in [0.15, 0.2) is 12.1 Å². The first-order valence-corrected chi connectivity index (χ1v) is 8.94. The number of amides is 1. The highest BCUT2D eigenvalue weighted by Gasteiger charge is 2.32. The number of aliphatic hydroxyl groups is 1. The van der Waals surface area contributed by atoms with Crippen LogP contribution in [0, 0.1) is 16.0 Å². The van der Waals surface area contributed by atoms with Gasteiger partial charge < -0.3 is 20.6 Å². The van der Waals surface area contributed by atoms with Gasteiger partial charge in [0.25, 0.3) is 11.6 Å². The zero-order chi connectivity index (χ0) is 19.5. The Morgan fingerprint density at radius 3 is 2.46 bits per heavy atom. The molecule has 8 nitrogen and oxygen atoms in total. The van der Waals surface area contributed by atoms with E-state index < -0.39 is 10.5 Å². The lowest BCUT2D eigenvalue weighted by atomic mass is 9.83. The zero-order valence-corrected chi connectivity index (χ0v) is 15.8. The number of carbonyl (C=O) groups is 1. The monoisotopic (exact) mass is 364 g/mol. The Kier molecular flexibility index (Phi) is 6.07. The Morgan fingerprint density at radius 2 is 2.00 bits per heavy atom. The quantitative estimate of drug-likeness (QED) is 0.528. The summed E-state index contributed by atoms with van der Waals surface area (Å²) >= 11 is 0. The van der Waals surface area contributed by atoms with E-state index in [0.29, 0.717) is 36.6 Å². The molecule has 3 N–H and O–H groups in total. The van der Waals surface area contributed by atoms with Crippen molar-refractivity contribution in [2.45, 2.75) is 39.2 Å². The third-order valence-electron chi connectivity index (χ3n) is 5.00. The van der Waals surface area contributed by atoms with Crippen LogP contribution in [0.4, 0.5) is 17.1 Å². The maximum atomic E-state index is 12.5. The minimum atomic E-state index is -0.736. The molecule has 0 atom stereocenters. The number of hydrogen-bond acceptors (Lipinski definition) is 6. The summed E-state index contributed by atoms with van der Waals surface area (Å²) in [5, 5.41) is 27.1. The van der Waals surface area contributed by atoms with Crippen molar-refractivity contribution >= 4 is 23.0 Å². The summed E-state index contributed by atoms with van der Waals surface area (Å²) < 4.78 is 0. The average molecular weight is 364 g/mol. The highest BCUT2D eigenvalue weighted by molar-refractivity contribution is 6.01. The number of nitrogens with zero attached hydrogens (tertiary/aromatic N) is 2. The van der Waals surface area contributed by atoms with Gasteiger partial charge in [0.2, 0.25) is 0 Å². The molecule has 1 aromatic carbocycles. The Hall–Kier alpha value is -2.35. The van der Waals surface area contributed by atoms with Crippen molar-refractivity contribution in [1.29, 1.82) is 0 Å². The molecular formula is C18H28N4O4. The van der Waals surface area contributed by atoms with Crippen molar-refractivity contribution in [3.63, 3.8) is 0 Å². The van der Waals surface area contributed by atoms with Crippen molar-refractivity contribution in [3.05, 3.63) is 27.8 Å². The summed E-state index contributed by atoms with van der Waals surface area (Å²) in [6.45, 7) is 7.25. The number of piperidine rings is 1. The molecule has 1 heterocycles. The summed E-state index contributed by atoms with van der Waals surface area (Å²) in [4.78, 5) is 25.4. The van der Waals surface area contributed by atoms with Crippen LogP contribution >= 0.6 is 0 Å². The molecule has 144 valence electrons. The molecule has 0 unspecified atom stereocenters. The second kappa shape index (κ2) is 7.90. The topological polar surface area (TPSA) is 108 Å². The largest absolute Gasteiger partial charge is 0.390 e. The number of hydrogen-bond donors (Lipinski definition) is 3. The lowest BCUT2D eigenvalue weighted by Gasteiger charge is -2.39. The first kappa shape index (κ1) is 20.0. The summed E-state index contributed by atoms with van der Waals surface area (Å²) in [7, 11) is 1.62. The van der Waals surface area contributed by atoms with E-state index in [1.54, 1.807) is 13.1 Å². The van der Waals surface area contributed by atoms with E-state index in [9.17, 15) is 20.0 Å². The second-order valence-electron chi connectivity index (χ2n) is 7.17. The van der Waals surface area contributed by atoms with Crippen LogP contribution < -0.4 is 15.5 Å². The minimum Gasteiger partial charge on any atom is -0.390 e. The fourth-order valence-electron chi connectivity index (χ4n) is 3.45. The van der Waals surface area contributed by atoms with Gasteiger partial charge in [0.15, 0.2) is 0 Å². The number of anilines is 2. The van der Waals surface area contributed by atoms with Crippen LogP contribution in [0.3, 0.4) is 0 Å². The summed E-state index contributed by atoms with van der Waals surface area (Å²) in [5.74, 6) is -0.133. The fourth-order valence-corrected chi connectivity index (χ4v) is 3.45. The van der Waals surface area contributed by atoms with Gasteiger partial charge in [0, 0.05) is 32.7 Å². The van der Waals surface area contributed by atoms with Crippen LogP contribution in [-0.2, 0) is 0 Å². The van der Waals surface area contributed by atoms with Crippen LogP contribution in [0.5, 0.6) is 0 Å². The predicted molar refractivity (Wildman–Crippen MR) is 102 cm³/mol. The van der Waals surface area contributed by atoms with Crippen molar-refractivity contribution in [2.24, 2.45) is 5.92 Å². The van der Waals surface area contributed by atoms with E-state index in [1.807, 2.05) is 20.8 Å². The minimum absolute atomic E-state index is 0.121. The van der Waals surface area contributed by atoms with Gasteiger partial charge in [-0.25, -0.2) is 0 Å². The SMILES string of the molecule is CCNC(=O)c1cc([N+](=O)[O-])c(NC)cc1N1CCC(C(C)(C)O)CC1. The number of nitro groups is 1. The maximum absolute atomic E-state index is 12.5. The third-order valence-corrected chi connectivity index (χ3v) is 5.00. The van der Waals surface area contributed by atoms with Crippen molar-refractivity contribution in [1.82, 2.24) is 5.32 Å². The molecule has 0 saturated carbocycles. The number of benzene rings is 1. The molecule has 0 aliphatic carbocycles. The van der Waals surface area contributed by atoms with Gasteiger partial charge in [-0.15, -0.1) is 0 Å². The smallest absolute Gasteiger partial charge is 0.293 e. The highest BCUT2D eigenvalue weighted by atomic mass is 16.6. The summed E-state index contributed by atoms with van der Waals surface area (Å²) in [5.41, 5.74) is 0.506. The van der Waals surface area contributed by atoms with E-state index in [-0.39, 0.29) is 17.5 Å². The van der Waals surface area contributed by atoms with E-state index in [4.69, 9.17) is 0 Å². The Balaban J connectivity index is 2.40. The third kappa shape index (κ3) is 4.24. The molecular weight excluding hydrogens is 336 g/mol. The first-order chi connectivity index (χ1) is 12.2. The molecule has 2 rings (SSSR count). The van der Waals surface area contributed by atoms with Crippen LogP contribution in [0.2, 0.25) is 0 Å². The normalized spacial score (nSPS) is 15.7. The number of nitro benzene ring substituents is 1. The molecule has 26 heavy (non-hydrogen) atoms. The molecule has 1 aromatic rings. The number of carbonyl (C=O) groups excluding carboxylic acids is 1. The van der Waals surface area contributed by atoms with Crippen molar-refractivity contribution < 1.29 is 14.8 Å². The van der Waals surface area contributed by atoms with Gasteiger partial charge in [-0.3, -0.25) is 14.9 Å². The first-order valence-electron chi connectivity index (χ1n) is 8.94. The molecule has 1 saturated heterocycles. The molecule has 1 fully saturated rings. The second-order valence-corrected chi connectivity index (χ2v) is 7.17. The standard InChI is InChI=1S/C18H28N4O4/c1-5-20-17(23)13-10-16(22(25)26)14(19-4)11-15(13)21-8-6-12(7-9-21)18(2,3)24/h10-12,19,24H,5-9H2,1-4H3,(H,20,23).